The molecule has 2 heterocycles. The Labute approximate surface area is 144 Å². The molecule has 1 aliphatic heterocycles. The average molecular weight is 333 g/mol. The van der Waals surface area contributed by atoms with E-state index in [4.69, 9.17) is 9.83 Å². The minimum Gasteiger partial charge on any atom is -0.472 e. The van der Waals surface area contributed by atoms with Gasteiger partial charge in [-0.1, -0.05) is 6.08 Å². The second kappa shape index (κ2) is 5.92. The van der Waals surface area contributed by atoms with Crippen molar-refractivity contribution < 1.29 is 9.21 Å². The van der Waals surface area contributed by atoms with Gasteiger partial charge in [0.2, 0.25) is 5.91 Å². The summed E-state index contributed by atoms with van der Waals surface area (Å²) >= 11 is 0. The highest BCUT2D eigenvalue weighted by Gasteiger charge is 2.58. The highest BCUT2D eigenvalue weighted by molar-refractivity contribution is 6.00. The van der Waals surface area contributed by atoms with E-state index in [0.717, 1.165) is 0 Å². The molecule has 3 rings (SSSR count). The SMILES string of the molecule is CC(=O)N1CC=C2C(C#N)C(=N)C(C#N)(C#N)[C@H](c3ccoc3)[C@H]2C1. The Morgan fingerprint density at radius 2 is 2.12 bits per heavy atom. The Kier molecular flexibility index (Phi) is 3.91. The first-order chi connectivity index (χ1) is 12.0. The minimum absolute atomic E-state index is 0.116. The fourth-order valence-electron chi connectivity index (χ4n) is 3.89. The molecule has 1 aromatic rings. The van der Waals surface area contributed by atoms with Gasteiger partial charge in [0, 0.05) is 31.8 Å². The van der Waals surface area contributed by atoms with E-state index in [2.05, 4.69) is 6.07 Å². The maximum atomic E-state index is 11.8. The summed E-state index contributed by atoms with van der Waals surface area (Å²) in [5, 5.41) is 37.6. The Morgan fingerprint density at radius 1 is 1.40 bits per heavy atom. The molecule has 1 aromatic heterocycles. The number of rotatable bonds is 1. The minimum atomic E-state index is -1.77. The molecule has 1 unspecified atom stereocenters. The number of carbonyl (C=O) groups excluding carboxylic acids is 1. The number of amides is 1. The van der Waals surface area contributed by atoms with Gasteiger partial charge in [0.1, 0.15) is 5.92 Å². The van der Waals surface area contributed by atoms with Crippen LogP contribution >= 0.6 is 0 Å². The third kappa shape index (κ3) is 2.23. The van der Waals surface area contributed by atoms with Gasteiger partial charge in [-0.05, 0) is 17.2 Å². The molecular formula is C18H15N5O2. The molecule has 1 saturated carbocycles. The molecule has 1 fully saturated rings. The lowest BCUT2D eigenvalue weighted by Gasteiger charge is -2.47. The van der Waals surface area contributed by atoms with Crippen LogP contribution in [0.1, 0.15) is 18.4 Å². The van der Waals surface area contributed by atoms with Gasteiger partial charge in [-0.2, -0.15) is 15.8 Å². The predicted molar refractivity (Wildman–Crippen MR) is 85.8 cm³/mol. The van der Waals surface area contributed by atoms with E-state index in [9.17, 15) is 20.6 Å². The Hall–Kier alpha value is -3.37. The third-order valence-electron chi connectivity index (χ3n) is 5.14. The smallest absolute Gasteiger partial charge is 0.219 e. The first-order valence-corrected chi connectivity index (χ1v) is 7.78. The van der Waals surface area contributed by atoms with Crippen LogP contribution in [0.2, 0.25) is 0 Å². The molecule has 0 bridgehead atoms. The molecule has 25 heavy (non-hydrogen) atoms. The van der Waals surface area contributed by atoms with Gasteiger partial charge in [0.15, 0.2) is 5.41 Å². The quantitative estimate of drug-likeness (QED) is 0.785. The van der Waals surface area contributed by atoms with Crippen LogP contribution in [0, 0.1) is 56.7 Å². The van der Waals surface area contributed by atoms with Gasteiger partial charge < -0.3 is 14.7 Å². The summed E-state index contributed by atoms with van der Waals surface area (Å²) in [7, 11) is 0. The first-order valence-electron chi connectivity index (χ1n) is 7.78. The van der Waals surface area contributed by atoms with Crippen LogP contribution in [0.3, 0.4) is 0 Å². The predicted octanol–water partition coefficient (Wildman–Crippen LogP) is 1.97. The summed E-state index contributed by atoms with van der Waals surface area (Å²) in [6.07, 6.45) is 4.69. The number of fused-ring (bicyclic) bond motifs is 1. The molecule has 0 saturated heterocycles. The molecule has 1 aliphatic carbocycles. The van der Waals surface area contributed by atoms with Crippen LogP contribution in [0.5, 0.6) is 0 Å². The molecule has 124 valence electrons. The summed E-state index contributed by atoms with van der Waals surface area (Å²) in [6.45, 7) is 2.12. The van der Waals surface area contributed by atoms with Gasteiger partial charge in [-0.25, -0.2) is 0 Å². The normalized spacial score (nSPS) is 27.3. The number of hydrogen-bond donors (Lipinski definition) is 1. The summed E-state index contributed by atoms with van der Waals surface area (Å²) in [6, 6.07) is 7.70. The van der Waals surface area contributed by atoms with Gasteiger partial charge >= 0.3 is 0 Å². The summed E-state index contributed by atoms with van der Waals surface area (Å²) in [5.41, 5.74) is -0.653. The lowest BCUT2D eigenvalue weighted by molar-refractivity contribution is -0.129. The Balaban J connectivity index is 2.23. The van der Waals surface area contributed by atoms with Crippen molar-refractivity contribution in [3.63, 3.8) is 0 Å². The highest BCUT2D eigenvalue weighted by Crippen LogP contribution is 2.53. The second-order valence-electron chi connectivity index (χ2n) is 6.28. The summed E-state index contributed by atoms with van der Waals surface area (Å²) in [5.74, 6) is -2.11. The van der Waals surface area contributed by atoms with Crippen molar-refractivity contribution >= 4 is 11.6 Å². The highest BCUT2D eigenvalue weighted by atomic mass is 16.3. The summed E-state index contributed by atoms with van der Waals surface area (Å²) in [4.78, 5) is 13.4. The number of furan rings is 1. The van der Waals surface area contributed by atoms with Gasteiger partial charge in [0.25, 0.3) is 0 Å². The number of hydrogen-bond acceptors (Lipinski definition) is 6. The topological polar surface area (TPSA) is 129 Å². The van der Waals surface area contributed by atoms with Crippen molar-refractivity contribution in [3.05, 3.63) is 35.8 Å². The maximum Gasteiger partial charge on any atom is 0.219 e. The number of nitrogens with one attached hydrogen (secondary N) is 1. The van der Waals surface area contributed by atoms with Crippen molar-refractivity contribution in [1.29, 1.82) is 21.2 Å². The van der Waals surface area contributed by atoms with Crippen LogP contribution in [0.25, 0.3) is 0 Å². The first kappa shape index (κ1) is 16.5. The molecule has 0 radical (unpaired) electrons. The van der Waals surface area contributed by atoms with Crippen molar-refractivity contribution in [3.8, 4) is 18.2 Å². The van der Waals surface area contributed by atoms with Crippen LogP contribution < -0.4 is 0 Å². The van der Waals surface area contributed by atoms with Gasteiger partial charge in [-0.3, -0.25) is 4.79 Å². The molecule has 0 spiro atoms. The standard InChI is InChI=1S/C18H15N5O2/c1-11(24)23-4-2-13-14(6-19)17(22)18(9-20,10-21)16(15(13)7-23)12-3-5-25-8-12/h2-3,5,8,14-16,22H,4,7H2,1H3/t14?,15-,16+/m0/s1. The number of nitrogens with zero attached hydrogens (tertiary/aromatic N) is 4. The van der Waals surface area contributed by atoms with Crippen LogP contribution in [0.4, 0.5) is 0 Å². The van der Waals surface area contributed by atoms with E-state index in [1.165, 1.54) is 19.5 Å². The molecule has 2 aliphatic rings. The van der Waals surface area contributed by atoms with E-state index in [1.54, 1.807) is 17.0 Å². The lowest BCUT2D eigenvalue weighted by atomic mass is 9.54. The lowest BCUT2D eigenvalue weighted by Crippen LogP contribution is -2.53. The molecule has 1 amide bonds. The maximum absolute atomic E-state index is 11.8. The molecular weight excluding hydrogens is 318 g/mol. The molecule has 3 atom stereocenters. The van der Waals surface area contributed by atoms with E-state index in [0.29, 0.717) is 24.2 Å². The van der Waals surface area contributed by atoms with Crippen LogP contribution in [0.15, 0.2) is 34.7 Å². The van der Waals surface area contributed by atoms with E-state index >= 15 is 0 Å². The molecule has 7 nitrogen and oxygen atoms in total. The van der Waals surface area contributed by atoms with Crippen molar-refractivity contribution in [2.45, 2.75) is 12.8 Å². The van der Waals surface area contributed by atoms with Crippen LogP contribution in [-0.4, -0.2) is 29.6 Å². The van der Waals surface area contributed by atoms with Gasteiger partial charge in [0.05, 0.1) is 36.4 Å². The zero-order valence-electron chi connectivity index (χ0n) is 13.6. The second-order valence-corrected chi connectivity index (χ2v) is 6.28. The fraction of sp³-hybridized carbons (Fsp3) is 0.389. The monoisotopic (exact) mass is 333 g/mol. The zero-order valence-corrected chi connectivity index (χ0v) is 13.6. The number of nitriles is 3. The molecule has 0 aromatic carbocycles. The zero-order chi connectivity index (χ0) is 18.2. The number of carbonyl (C=O) groups is 1. The van der Waals surface area contributed by atoms with Gasteiger partial charge in [-0.15, -0.1) is 0 Å². The average Bonchev–Trinajstić information content (AvgIpc) is 3.14. The summed E-state index contributed by atoms with van der Waals surface area (Å²) < 4.78 is 5.14. The fourth-order valence-corrected chi connectivity index (χ4v) is 3.89. The largest absolute Gasteiger partial charge is 0.472 e. The Morgan fingerprint density at radius 3 is 2.64 bits per heavy atom. The van der Waals surface area contributed by atoms with Crippen molar-refractivity contribution in [2.24, 2.45) is 17.3 Å². The van der Waals surface area contributed by atoms with E-state index in [1.807, 2.05) is 12.1 Å². The molecule has 7 heteroatoms. The van der Waals surface area contributed by atoms with E-state index < -0.39 is 23.2 Å². The Bertz CT molecular complexity index is 864. The van der Waals surface area contributed by atoms with Crippen molar-refractivity contribution in [2.75, 3.05) is 13.1 Å². The molecule has 1 N–H and O–H groups in total. The van der Waals surface area contributed by atoms with Crippen LogP contribution in [-0.2, 0) is 4.79 Å². The van der Waals surface area contributed by atoms with Crippen molar-refractivity contribution in [1.82, 2.24) is 4.90 Å². The van der Waals surface area contributed by atoms with E-state index in [-0.39, 0.29) is 11.6 Å². The third-order valence-corrected chi connectivity index (χ3v) is 5.14.